The van der Waals surface area contributed by atoms with E-state index in [0.717, 1.165) is 17.7 Å². The first-order valence-electron chi connectivity index (χ1n) is 8.24. The van der Waals surface area contributed by atoms with Crippen molar-refractivity contribution in [3.8, 4) is 5.75 Å². The van der Waals surface area contributed by atoms with Crippen molar-refractivity contribution in [3.63, 3.8) is 0 Å². The van der Waals surface area contributed by atoms with E-state index in [9.17, 15) is 4.79 Å². The van der Waals surface area contributed by atoms with Crippen molar-refractivity contribution < 1.29 is 13.9 Å². The van der Waals surface area contributed by atoms with Gasteiger partial charge in [0.05, 0.1) is 32.3 Å². The van der Waals surface area contributed by atoms with E-state index in [4.69, 9.17) is 9.15 Å². The monoisotopic (exact) mass is 352 g/mol. The Morgan fingerprint density at radius 1 is 1.15 bits per heavy atom. The lowest BCUT2D eigenvalue weighted by molar-refractivity contribution is 0.0942. The van der Waals surface area contributed by atoms with Crippen molar-refractivity contribution in [2.45, 2.75) is 13.0 Å². The first-order valence-corrected chi connectivity index (χ1v) is 8.24. The van der Waals surface area contributed by atoms with Crippen molar-refractivity contribution in [3.05, 3.63) is 72.1 Å². The number of amides is 1. The van der Waals surface area contributed by atoms with Crippen LogP contribution in [0.15, 0.2) is 59.5 Å². The molecule has 2 aromatic heterocycles. The molecule has 0 aliphatic heterocycles. The van der Waals surface area contributed by atoms with Gasteiger partial charge in [0.1, 0.15) is 23.0 Å². The summed E-state index contributed by atoms with van der Waals surface area (Å²) in [6.07, 6.45) is 5.34. The van der Waals surface area contributed by atoms with Crippen LogP contribution in [0, 0.1) is 0 Å². The molecule has 0 bridgehead atoms. The number of anilines is 1. The molecule has 2 heterocycles. The van der Waals surface area contributed by atoms with Crippen molar-refractivity contribution in [2.24, 2.45) is 0 Å². The van der Waals surface area contributed by atoms with Crippen molar-refractivity contribution in [2.75, 3.05) is 19.0 Å². The molecule has 0 spiro atoms. The molecule has 0 unspecified atom stereocenters. The van der Waals surface area contributed by atoms with E-state index in [1.54, 1.807) is 31.7 Å². The zero-order valence-electron chi connectivity index (χ0n) is 14.4. The Kier molecular flexibility index (Phi) is 5.82. The molecule has 1 aromatic carbocycles. The van der Waals surface area contributed by atoms with E-state index < -0.39 is 0 Å². The Bertz CT molecular complexity index is 832. The Balaban J connectivity index is 1.48. The Hall–Kier alpha value is -3.35. The first-order chi connectivity index (χ1) is 12.8. The minimum absolute atomic E-state index is 0.256. The number of nitrogens with one attached hydrogen (secondary N) is 2. The molecule has 0 saturated carbocycles. The molecule has 134 valence electrons. The third kappa shape index (κ3) is 4.60. The van der Waals surface area contributed by atoms with Crippen molar-refractivity contribution in [1.82, 2.24) is 15.3 Å². The van der Waals surface area contributed by atoms with E-state index in [1.807, 2.05) is 24.3 Å². The second-order valence-electron chi connectivity index (χ2n) is 5.54. The van der Waals surface area contributed by atoms with E-state index in [1.165, 1.54) is 6.20 Å². The van der Waals surface area contributed by atoms with Crippen LogP contribution in [-0.2, 0) is 13.0 Å². The minimum Gasteiger partial charge on any atom is -0.496 e. The maximum atomic E-state index is 12.0. The van der Waals surface area contributed by atoms with Crippen molar-refractivity contribution in [1.29, 1.82) is 0 Å². The van der Waals surface area contributed by atoms with Gasteiger partial charge in [0.2, 0.25) is 0 Å². The van der Waals surface area contributed by atoms with Gasteiger partial charge >= 0.3 is 0 Å². The number of hydrogen-bond donors (Lipinski definition) is 2. The van der Waals surface area contributed by atoms with Crippen LogP contribution in [0.4, 0.5) is 5.82 Å². The number of carbonyl (C=O) groups is 1. The molecule has 1 amide bonds. The van der Waals surface area contributed by atoms with Crippen LogP contribution in [0.2, 0.25) is 0 Å². The summed E-state index contributed by atoms with van der Waals surface area (Å²) in [4.78, 5) is 20.4. The van der Waals surface area contributed by atoms with Gasteiger partial charge < -0.3 is 19.8 Å². The van der Waals surface area contributed by atoms with Gasteiger partial charge in [-0.15, -0.1) is 0 Å². The molecular weight excluding hydrogens is 332 g/mol. The summed E-state index contributed by atoms with van der Waals surface area (Å²) in [7, 11) is 1.66. The predicted octanol–water partition coefficient (Wildman–Crippen LogP) is 2.66. The maximum Gasteiger partial charge on any atom is 0.271 e. The van der Waals surface area contributed by atoms with E-state index in [0.29, 0.717) is 24.7 Å². The molecule has 0 radical (unpaired) electrons. The quantitative estimate of drug-likeness (QED) is 0.648. The third-order valence-corrected chi connectivity index (χ3v) is 3.78. The van der Waals surface area contributed by atoms with Crippen LogP contribution in [-0.4, -0.2) is 29.5 Å². The van der Waals surface area contributed by atoms with E-state index >= 15 is 0 Å². The number of ether oxygens (including phenoxy) is 1. The number of nitrogens with zero attached hydrogens (tertiary/aromatic N) is 2. The van der Waals surface area contributed by atoms with Gasteiger partial charge in [-0.3, -0.25) is 4.79 Å². The molecule has 0 fully saturated rings. The summed E-state index contributed by atoms with van der Waals surface area (Å²) in [5.74, 6) is 1.86. The van der Waals surface area contributed by atoms with E-state index in [-0.39, 0.29) is 11.6 Å². The number of carbonyl (C=O) groups excluding carboxylic acids is 1. The lowest BCUT2D eigenvalue weighted by Gasteiger charge is -2.09. The smallest absolute Gasteiger partial charge is 0.271 e. The SMILES string of the molecule is COc1ccccc1CCNc1cnc(C(=O)NCc2ccco2)cn1. The zero-order chi connectivity index (χ0) is 18.2. The van der Waals surface area contributed by atoms with Gasteiger partial charge in [0.25, 0.3) is 5.91 Å². The van der Waals surface area contributed by atoms with Crippen LogP contribution in [0.3, 0.4) is 0 Å². The minimum atomic E-state index is -0.297. The number of methoxy groups -OCH3 is 1. The second kappa shape index (κ2) is 8.66. The fourth-order valence-electron chi connectivity index (χ4n) is 2.44. The Morgan fingerprint density at radius 3 is 2.77 bits per heavy atom. The first kappa shape index (κ1) is 17.5. The third-order valence-electron chi connectivity index (χ3n) is 3.78. The fraction of sp³-hybridized carbons (Fsp3) is 0.211. The number of aromatic nitrogens is 2. The Morgan fingerprint density at radius 2 is 2.04 bits per heavy atom. The van der Waals surface area contributed by atoms with Gasteiger partial charge in [0.15, 0.2) is 0 Å². The summed E-state index contributed by atoms with van der Waals surface area (Å²) in [5, 5.41) is 5.92. The molecule has 3 aromatic rings. The molecule has 0 saturated heterocycles. The highest BCUT2D eigenvalue weighted by molar-refractivity contribution is 5.91. The lowest BCUT2D eigenvalue weighted by atomic mass is 10.1. The molecule has 7 heteroatoms. The predicted molar refractivity (Wildman–Crippen MR) is 97.1 cm³/mol. The van der Waals surface area contributed by atoms with E-state index in [2.05, 4.69) is 20.6 Å². The normalized spacial score (nSPS) is 10.3. The van der Waals surface area contributed by atoms with Gasteiger partial charge in [-0.2, -0.15) is 0 Å². The molecule has 0 aliphatic carbocycles. The number of benzene rings is 1. The van der Waals surface area contributed by atoms with Gasteiger partial charge in [0, 0.05) is 6.54 Å². The van der Waals surface area contributed by atoms with Gasteiger partial charge in [-0.1, -0.05) is 18.2 Å². The highest BCUT2D eigenvalue weighted by Gasteiger charge is 2.08. The topological polar surface area (TPSA) is 89.3 Å². The average molecular weight is 352 g/mol. The molecular formula is C19H20N4O3. The molecule has 0 atom stereocenters. The summed E-state index contributed by atoms with van der Waals surface area (Å²) in [6.45, 7) is 0.992. The Labute approximate surface area is 151 Å². The fourth-order valence-corrected chi connectivity index (χ4v) is 2.44. The van der Waals surface area contributed by atoms with Gasteiger partial charge in [-0.05, 0) is 30.2 Å². The molecule has 2 N–H and O–H groups in total. The number of hydrogen-bond acceptors (Lipinski definition) is 6. The van der Waals surface area contributed by atoms with Crippen LogP contribution >= 0.6 is 0 Å². The zero-order valence-corrected chi connectivity index (χ0v) is 14.4. The summed E-state index contributed by atoms with van der Waals surface area (Å²) < 4.78 is 10.5. The van der Waals surface area contributed by atoms with Crippen LogP contribution in [0.25, 0.3) is 0 Å². The average Bonchev–Trinajstić information content (AvgIpc) is 3.20. The van der Waals surface area contributed by atoms with Gasteiger partial charge in [-0.25, -0.2) is 9.97 Å². The standard InChI is InChI=1S/C19H20N4O3/c1-25-17-7-3-2-5-14(17)8-9-20-18-13-21-16(12-22-18)19(24)23-11-15-6-4-10-26-15/h2-7,10,12-13H,8-9,11H2,1H3,(H,20,22)(H,23,24). The maximum absolute atomic E-state index is 12.0. The second-order valence-corrected chi connectivity index (χ2v) is 5.54. The molecule has 3 rings (SSSR count). The highest BCUT2D eigenvalue weighted by Crippen LogP contribution is 2.17. The largest absolute Gasteiger partial charge is 0.496 e. The summed E-state index contributed by atoms with van der Waals surface area (Å²) in [6, 6.07) is 11.4. The summed E-state index contributed by atoms with van der Waals surface area (Å²) >= 11 is 0. The van der Waals surface area contributed by atoms with Crippen LogP contribution < -0.4 is 15.4 Å². The molecule has 7 nitrogen and oxygen atoms in total. The van der Waals surface area contributed by atoms with Crippen molar-refractivity contribution >= 4 is 11.7 Å². The highest BCUT2D eigenvalue weighted by atomic mass is 16.5. The lowest BCUT2D eigenvalue weighted by Crippen LogP contribution is -2.23. The number of rotatable bonds is 8. The summed E-state index contributed by atoms with van der Waals surface area (Å²) in [5.41, 5.74) is 1.37. The number of furan rings is 1. The number of para-hydroxylation sites is 1. The van der Waals surface area contributed by atoms with Crippen LogP contribution in [0.5, 0.6) is 5.75 Å². The molecule has 0 aliphatic rings. The molecule has 26 heavy (non-hydrogen) atoms. The van der Waals surface area contributed by atoms with Crippen LogP contribution in [0.1, 0.15) is 21.8 Å².